The van der Waals surface area contributed by atoms with Gasteiger partial charge in [-0.1, -0.05) is 0 Å². The second kappa shape index (κ2) is 4.75. The van der Waals surface area contributed by atoms with Gasteiger partial charge in [-0.15, -0.1) is 0 Å². The number of aliphatic hydroxyl groups excluding tert-OH is 1. The molecule has 0 radical (unpaired) electrons. The van der Waals surface area contributed by atoms with Crippen LogP contribution in [0.1, 0.15) is 26.6 Å². The molecule has 0 fully saturated rings. The molecular formula is C13H18N2O2. The minimum atomic E-state index is -0.0388. The van der Waals surface area contributed by atoms with Gasteiger partial charge in [-0.3, -0.25) is 0 Å². The van der Waals surface area contributed by atoms with Crippen molar-refractivity contribution in [2.45, 2.75) is 40.0 Å². The molecule has 0 spiro atoms. The fraction of sp³-hybridized carbons (Fsp3) is 0.462. The van der Waals surface area contributed by atoms with Gasteiger partial charge in [-0.2, -0.15) is 0 Å². The summed E-state index contributed by atoms with van der Waals surface area (Å²) in [7, 11) is 0. The molecule has 0 saturated carbocycles. The molecule has 0 aliphatic carbocycles. The van der Waals surface area contributed by atoms with Crippen LogP contribution < -0.4 is 4.74 Å². The van der Waals surface area contributed by atoms with Crippen molar-refractivity contribution >= 4 is 11.0 Å². The maximum Gasteiger partial charge on any atom is 0.135 e. The molecule has 1 heterocycles. The lowest BCUT2D eigenvalue weighted by Gasteiger charge is -2.09. The second-order valence-corrected chi connectivity index (χ2v) is 4.25. The summed E-state index contributed by atoms with van der Waals surface area (Å²) in [5.74, 6) is 1.52. The number of fused-ring (bicyclic) bond motifs is 1. The Hall–Kier alpha value is -1.55. The Labute approximate surface area is 101 Å². The van der Waals surface area contributed by atoms with Gasteiger partial charge in [-0.05, 0) is 32.9 Å². The summed E-state index contributed by atoms with van der Waals surface area (Å²) in [6, 6.07) is 5.85. The fourth-order valence-corrected chi connectivity index (χ4v) is 1.98. The van der Waals surface area contributed by atoms with Crippen molar-refractivity contribution in [2.24, 2.45) is 0 Å². The van der Waals surface area contributed by atoms with E-state index in [1.807, 2.05) is 43.5 Å². The van der Waals surface area contributed by atoms with E-state index in [-0.39, 0.29) is 12.7 Å². The lowest BCUT2D eigenvalue weighted by atomic mass is 10.3. The van der Waals surface area contributed by atoms with Crippen molar-refractivity contribution in [3.8, 4) is 5.75 Å². The Morgan fingerprint density at radius 1 is 1.41 bits per heavy atom. The number of nitrogens with zero attached hydrogens (tertiary/aromatic N) is 2. The molecule has 2 aromatic rings. The third kappa shape index (κ3) is 2.26. The molecule has 0 atom stereocenters. The Bertz CT molecular complexity index is 517. The second-order valence-electron chi connectivity index (χ2n) is 4.25. The maximum atomic E-state index is 9.25. The largest absolute Gasteiger partial charge is 0.491 e. The molecule has 0 amide bonds. The molecule has 0 aliphatic rings. The molecule has 1 aromatic heterocycles. The lowest BCUT2D eigenvalue weighted by molar-refractivity contribution is 0.242. The summed E-state index contributed by atoms with van der Waals surface area (Å²) in [6.45, 7) is 6.79. The smallest absolute Gasteiger partial charge is 0.135 e. The van der Waals surface area contributed by atoms with Gasteiger partial charge in [-0.25, -0.2) is 4.98 Å². The van der Waals surface area contributed by atoms with Gasteiger partial charge in [0.2, 0.25) is 0 Å². The van der Waals surface area contributed by atoms with E-state index >= 15 is 0 Å². The Balaban J connectivity index is 2.48. The first-order chi connectivity index (χ1) is 8.15. The topological polar surface area (TPSA) is 47.3 Å². The van der Waals surface area contributed by atoms with E-state index in [0.29, 0.717) is 5.82 Å². The fourth-order valence-electron chi connectivity index (χ4n) is 1.98. The number of benzene rings is 1. The van der Waals surface area contributed by atoms with Crippen LogP contribution in [0.3, 0.4) is 0 Å². The predicted molar refractivity (Wildman–Crippen MR) is 67.1 cm³/mol. The average molecular weight is 234 g/mol. The number of rotatable bonds is 4. The maximum absolute atomic E-state index is 9.25. The molecule has 1 N–H and O–H groups in total. The van der Waals surface area contributed by atoms with Crippen LogP contribution in [0.25, 0.3) is 11.0 Å². The molecule has 17 heavy (non-hydrogen) atoms. The summed E-state index contributed by atoms with van der Waals surface area (Å²) in [5.41, 5.74) is 1.90. The van der Waals surface area contributed by atoms with Gasteiger partial charge >= 0.3 is 0 Å². The summed E-state index contributed by atoms with van der Waals surface area (Å²) < 4.78 is 7.64. The average Bonchev–Trinajstić information content (AvgIpc) is 2.64. The van der Waals surface area contributed by atoms with Crippen molar-refractivity contribution < 1.29 is 9.84 Å². The summed E-state index contributed by atoms with van der Waals surface area (Å²) in [4.78, 5) is 4.40. The molecule has 4 heteroatoms. The quantitative estimate of drug-likeness (QED) is 0.883. The van der Waals surface area contributed by atoms with Gasteiger partial charge < -0.3 is 14.4 Å². The monoisotopic (exact) mass is 234 g/mol. The summed E-state index contributed by atoms with van der Waals surface area (Å²) >= 11 is 0. The molecular weight excluding hydrogens is 216 g/mol. The van der Waals surface area contributed by atoms with Crippen LogP contribution in [-0.4, -0.2) is 20.8 Å². The van der Waals surface area contributed by atoms with Gasteiger partial charge in [0.1, 0.15) is 18.2 Å². The minimum Gasteiger partial charge on any atom is -0.491 e. The standard InChI is InChI=1S/C13H18N2O2/c1-4-15-12-6-5-10(17-9(2)3)7-11(12)14-13(15)8-16/h5-7,9,16H,4,8H2,1-3H3. The number of aliphatic hydroxyl groups is 1. The van der Waals surface area contributed by atoms with Gasteiger partial charge in [0.25, 0.3) is 0 Å². The van der Waals surface area contributed by atoms with E-state index in [0.717, 1.165) is 23.3 Å². The molecule has 0 unspecified atom stereocenters. The van der Waals surface area contributed by atoms with Crippen LogP contribution >= 0.6 is 0 Å². The van der Waals surface area contributed by atoms with Crippen LogP contribution in [0.4, 0.5) is 0 Å². The highest BCUT2D eigenvalue weighted by molar-refractivity contribution is 5.77. The van der Waals surface area contributed by atoms with Crippen molar-refractivity contribution in [3.05, 3.63) is 24.0 Å². The molecule has 0 saturated heterocycles. The van der Waals surface area contributed by atoms with Crippen LogP contribution in [-0.2, 0) is 13.2 Å². The van der Waals surface area contributed by atoms with E-state index in [1.165, 1.54) is 0 Å². The number of hydrogen-bond donors (Lipinski definition) is 1. The predicted octanol–water partition coefficient (Wildman–Crippen LogP) is 2.34. The van der Waals surface area contributed by atoms with E-state index in [4.69, 9.17) is 4.74 Å². The molecule has 0 bridgehead atoms. The summed E-state index contributed by atoms with van der Waals surface area (Å²) in [5, 5.41) is 9.25. The van der Waals surface area contributed by atoms with Crippen molar-refractivity contribution in [2.75, 3.05) is 0 Å². The normalized spacial score (nSPS) is 11.4. The zero-order valence-electron chi connectivity index (χ0n) is 10.5. The van der Waals surface area contributed by atoms with E-state index in [9.17, 15) is 5.11 Å². The van der Waals surface area contributed by atoms with E-state index in [2.05, 4.69) is 4.98 Å². The minimum absolute atomic E-state index is 0.0388. The van der Waals surface area contributed by atoms with Crippen LogP contribution in [0, 0.1) is 0 Å². The van der Waals surface area contributed by atoms with Crippen LogP contribution in [0.2, 0.25) is 0 Å². The van der Waals surface area contributed by atoms with E-state index in [1.54, 1.807) is 0 Å². The summed E-state index contributed by atoms with van der Waals surface area (Å²) in [6.07, 6.45) is 0.151. The number of aryl methyl sites for hydroxylation is 1. The number of aromatic nitrogens is 2. The first-order valence-electron chi connectivity index (χ1n) is 5.92. The van der Waals surface area contributed by atoms with Crippen molar-refractivity contribution in [3.63, 3.8) is 0 Å². The van der Waals surface area contributed by atoms with Crippen LogP contribution in [0.5, 0.6) is 5.75 Å². The highest BCUT2D eigenvalue weighted by atomic mass is 16.5. The SMILES string of the molecule is CCn1c(CO)nc2cc(OC(C)C)ccc21. The Morgan fingerprint density at radius 2 is 2.18 bits per heavy atom. The lowest BCUT2D eigenvalue weighted by Crippen LogP contribution is -2.05. The highest BCUT2D eigenvalue weighted by Crippen LogP contribution is 2.22. The third-order valence-electron chi connectivity index (χ3n) is 2.63. The molecule has 4 nitrogen and oxygen atoms in total. The van der Waals surface area contributed by atoms with Gasteiger partial charge in [0.05, 0.1) is 17.1 Å². The van der Waals surface area contributed by atoms with Crippen LogP contribution in [0.15, 0.2) is 18.2 Å². The van der Waals surface area contributed by atoms with Crippen molar-refractivity contribution in [1.29, 1.82) is 0 Å². The zero-order chi connectivity index (χ0) is 12.4. The Morgan fingerprint density at radius 3 is 2.76 bits per heavy atom. The molecule has 0 aliphatic heterocycles. The van der Waals surface area contributed by atoms with E-state index < -0.39 is 0 Å². The molecule has 1 aromatic carbocycles. The number of imidazole rings is 1. The van der Waals surface area contributed by atoms with Crippen molar-refractivity contribution in [1.82, 2.24) is 9.55 Å². The van der Waals surface area contributed by atoms with Gasteiger partial charge in [0.15, 0.2) is 0 Å². The number of hydrogen-bond acceptors (Lipinski definition) is 3. The Kier molecular flexibility index (Phi) is 3.33. The number of ether oxygens (including phenoxy) is 1. The molecule has 2 rings (SSSR count). The van der Waals surface area contributed by atoms with Gasteiger partial charge in [0, 0.05) is 12.6 Å². The first kappa shape index (κ1) is 11.9. The third-order valence-corrected chi connectivity index (χ3v) is 2.63. The molecule has 92 valence electrons. The zero-order valence-corrected chi connectivity index (χ0v) is 10.5. The highest BCUT2D eigenvalue weighted by Gasteiger charge is 2.09. The first-order valence-corrected chi connectivity index (χ1v) is 5.92.